The zero-order chi connectivity index (χ0) is 13.2. The molecule has 3 rings (SSSR count). The summed E-state index contributed by atoms with van der Waals surface area (Å²) < 4.78 is 0. The van der Waals surface area contributed by atoms with E-state index in [9.17, 15) is 4.79 Å². The predicted octanol–water partition coefficient (Wildman–Crippen LogP) is 3.06. The third kappa shape index (κ3) is 2.22. The Balaban J connectivity index is 1.91. The molecule has 1 fully saturated rings. The van der Waals surface area contributed by atoms with Crippen LogP contribution in [0.15, 0.2) is 18.2 Å². The zero-order valence-corrected chi connectivity index (χ0v) is 11.6. The van der Waals surface area contributed by atoms with Crippen molar-refractivity contribution < 1.29 is 4.79 Å². The second-order valence-corrected chi connectivity index (χ2v) is 5.56. The first-order valence-electron chi connectivity index (χ1n) is 7.48. The molecule has 1 unspecified atom stereocenters. The molecule has 0 radical (unpaired) electrons. The van der Waals surface area contributed by atoms with E-state index in [0.717, 1.165) is 56.4 Å². The molecule has 0 aliphatic carbocycles. The smallest absolute Gasteiger partial charge is 0.254 e. The average molecular weight is 258 g/mol. The molecule has 1 N–H and O–H groups in total. The molecule has 2 aliphatic rings. The van der Waals surface area contributed by atoms with Crippen LogP contribution in [0.2, 0.25) is 0 Å². The van der Waals surface area contributed by atoms with Gasteiger partial charge in [0.2, 0.25) is 0 Å². The number of likely N-dealkylation sites (tertiary alicyclic amines) is 1. The number of hydrogen-bond donors (Lipinski definition) is 1. The molecule has 1 aromatic rings. The van der Waals surface area contributed by atoms with Gasteiger partial charge >= 0.3 is 0 Å². The van der Waals surface area contributed by atoms with Crippen LogP contribution >= 0.6 is 0 Å². The summed E-state index contributed by atoms with van der Waals surface area (Å²) in [7, 11) is 0. The highest BCUT2D eigenvalue weighted by molar-refractivity contribution is 5.97. The molecular weight excluding hydrogens is 236 g/mol. The van der Waals surface area contributed by atoms with Crippen molar-refractivity contribution in [2.24, 2.45) is 0 Å². The van der Waals surface area contributed by atoms with Crippen molar-refractivity contribution >= 4 is 11.6 Å². The topological polar surface area (TPSA) is 32.3 Å². The summed E-state index contributed by atoms with van der Waals surface area (Å²) in [5, 5.41) is 3.40. The van der Waals surface area contributed by atoms with Gasteiger partial charge in [-0.05, 0) is 49.8 Å². The number of hydrogen-bond acceptors (Lipinski definition) is 2. The Bertz CT molecular complexity index is 484. The predicted molar refractivity (Wildman–Crippen MR) is 77.6 cm³/mol. The fourth-order valence-corrected chi connectivity index (χ4v) is 3.39. The Morgan fingerprint density at radius 1 is 1.42 bits per heavy atom. The number of carbonyl (C=O) groups excluding carboxylic acids is 1. The van der Waals surface area contributed by atoms with Crippen LogP contribution in [0.3, 0.4) is 0 Å². The van der Waals surface area contributed by atoms with Crippen LogP contribution in [0.5, 0.6) is 0 Å². The van der Waals surface area contributed by atoms with E-state index >= 15 is 0 Å². The van der Waals surface area contributed by atoms with Gasteiger partial charge in [0.05, 0.1) is 0 Å². The molecule has 0 saturated carbocycles. The number of rotatable bonds is 2. The highest BCUT2D eigenvalue weighted by atomic mass is 16.2. The van der Waals surface area contributed by atoms with Gasteiger partial charge in [0.15, 0.2) is 0 Å². The minimum atomic E-state index is 0.241. The minimum absolute atomic E-state index is 0.241. The Labute approximate surface area is 115 Å². The molecule has 0 bridgehead atoms. The van der Waals surface area contributed by atoms with Crippen molar-refractivity contribution in [3.05, 3.63) is 29.3 Å². The van der Waals surface area contributed by atoms with Crippen molar-refractivity contribution in [3.63, 3.8) is 0 Å². The van der Waals surface area contributed by atoms with E-state index < -0.39 is 0 Å². The Hall–Kier alpha value is -1.51. The van der Waals surface area contributed by atoms with Gasteiger partial charge in [-0.2, -0.15) is 0 Å². The first-order chi connectivity index (χ1) is 9.31. The number of nitrogens with zero attached hydrogens (tertiary/aromatic N) is 1. The molecule has 3 heteroatoms. The number of anilines is 1. The van der Waals surface area contributed by atoms with Gasteiger partial charge in [-0.15, -0.1) is 0 Å². The van der Waals surface area contributed by atoms with Crippen LogP contribution in [0.25, 0.3) is 0 Å². The van der Waals surface area contributed by atoms with Gasteiger partial charge < -0.3 is 10.2 Å². The third-order valence-electron chi connectivity index (χ3n) is 4.43. The van der Waals surface area contributed by atoms with E-state index in [1.54, 1.807) is 0 Å². The van der Waals surface area contributed by atoms with Gasteiger partial charge in [-0.25, -0.2) is 0 Å². The van der Waals surface area contributed by atoms with Crippen LogP contribution in [-0.4, -0.2) is 29.9 Å². The van der Waals surface area contributed by atoms with Gasteiger partial charge in [0.1, 0.15) is 0 Å². The Morgan fingerprint density at radius 3 is 3.16 bits per heavy atom. The normalized spacial score (nSPS) is 21.9. The first kappa shape index (κ1) is 12.5. The van der Waals surface area contributed by atoms with Gasteiger partial charge in [-0.1, -0.05) is 13.0 Å². The van der Waals surface area contributed by atoms with Gasteiger partial charge in [-0.3, -0.25) is 4.79 Å². The number of amides is 1. The number of benzene rings is 1. The van der Waals surface area contributed by atoms with E-state index in [-0.39, 0.29) is 5.91 Å². The highest BCUT2D eigenvalue weighted by Gasteiger charge is 2.29. The third-order valence-corrected chi connectivity index (χ3v) is 4.43. The lowest BCUT2D eigenvalue weighted by Gasteiger charge is -2.27. The van der Waals surface area contributed by atoms with Crippen molar-refractivity contribution in [1.29, 1.82) is 0 Å². The number of fused-ring (bicyclic) bond motifs is 1. The summed E-state index contributed by atoms with van der Waals surface area (Å²) in [5.74, 6) is 0.241. The maximum atomic E-state index is 12.8. The summed E-state index contributed by atoms with van der Waals surface area (Å²) >= 11 is 0. The molecule has 0 aromatic heterocycles. The number of nitrogens with one attached hydrogen (secondary N) is 1. The van der Waals surface area contributed by atoms with Crippen molar-refractivity contribution in [2.45, 2.75) is 45.1 Å². The van der Waals surface area contributed by atoms with Crippen molar-refractivity contribution in [3.8, 4) is 0 Å². The number of carbonyl (C=O) groups is 1. The molecule has 0 spiro atoms. The molecule has 3 nitrogen and oxygen atoms in total. The largest absolute Gasteiger partial charge is 0.385 e. The minimum Gasteiger partial charge on any atom is -0.385 e. The van der Waals surface area contributed by atoms with Gasteiger partial charge in [0.25, 0.3) is 5.91 Å². The molecule has 102 valence electrons. The fraction of sp³-hybridized carbons (Fsp3) is 0.562. The molecule has 2 aliphatic heterocycles. The lowest BCUT2D eigenvalue weighted by Crippen LogP contribution is -2.36. The molecule has 1 atom stereocenters. The van der Waals surface area contributed by atoms with E-state index in [2.05, 4.69) is 23.2 Å². The van der Waals surface area contributed by atoms with E-state index in [4.69, 9.17) is 0 Å². The van der Waals surface area contributed by atoms with E-state index in [0.29, 0.717) is 6.04 Å². The maximum absolute atomic E-state index is 12.8. The standard InChI is InChI=1S/C16H22N2O/c1-2-12-6-5-11-18(12)16(19)14-7-3-9-15-13(14)8-4-10-17-15/h3,7,9,12,17H,2,4-6,8,10-11H2,1H3. The molecule has 19 heavy (non-hydrogen) atoms. The summed E-state index contributed by atoms with van der Waals surface area (Å²) in [4.78, 5) is 14.9. The van der Waals surface area contributed by atoms with Gasteiger partial charge in [0, 0.05) is 30.4 Å². The summed E-state index contributed by atoms with van der Waals surface area (Å²) in [6, 6.07) is 6.53. The van der Waals surface area contributed by atoms with E-state index in [1.165, 1.54) is 5.56 Å². The lowest BCUT2D eigenvalue weighted by molar-refractivity contribution is 0.0732. The SMILES string of the molecule is CCC1CCCN1C(=O)c1cccc2c1CCCN2. The van der Waals surface area contributed by atoms with Crippen molar-refractivity contribution in [2.75, 3.05) is 18.4 Å². The second-order valence-electron chi connectivity index (χ2n) is 5.56. The quantitative estimate of drug-likeness (QED) is 0.884. The monoisotopic (exact) mass is 258 g/mol. The van der Waals surface area contributed by atoms with Crippen LogP contribution < -0.4 is 5.32 Å². The summed E-state index contributed by atoms with van der Waals surface area (Å²) in [5.41, 5.74) is 3.30. The first-order valence-corrected chi connectivity index (χ1v) is 7.48. The summed E-state index contributed by atoms with van der Waals surface area (Å²) in [6.45, 7) is 4.12. The van der Waals surface area contributed by atoms with Crippen LogP contribution in [0.4, 0.5) is 5.69 Å². The lowest BCUT2D eigenvalue weighted by atomic mass is 9.96. The zero-order valence-electron chi connectivity index (χ0n) is 11.6. The Morgan fingerprint density at radius 2 is 2.32 bits per heavy atom. The average Bonchev–Trinajstić information content (AvgIpc) is 2.94. The molecule has 2 heterocycles. The van der Waals surface area contributed by atoms with Crippen molar-refractivity contribution in [1.82, 2.24) is 4.90 Å². The van der Waals surface area contributed by atoms with Crippen LogP contribution in [0, 0.1) is 0 Å². The van der Waals surface area contributed by atoms with E-state index in [1.807, 2.05) is 12.1 Å². The van der Waals surface area contributed by atoms with Crippen LogP contribution in [0.1, 0.15) is 48.5 Å². The maximum Gasteiger partial charge on any atom is 0.254 e. The summed E-state index contributed by atoms with van der Waals surface area (Å²) in [6.07, 6.45) is 5.52. The molecule has 1 saturated heterocycles. The molecular formula is C16H22N2O. The second kappa shape index (κ2) is 5.24. The fourth-order valence-electron chi connectivity index (χ4n) is 3.39. The highest BCUT2D eigenvalue weighted by Crippen LogP contribution is 2.29. The van der Waals surface area contributed by atoms with Crippen LogP contribution in [-0.2, 0) is 6.42 Å². The molecule has 1 aromatic carbocycles. The Kier molecular flexibility index (Phi) is 3.45. The molecule has 1 amide bonds.